The molecular formula is C12H16Cl3NO3S. The van der Waals surface area contributed by atoms with Crippen LogP contribution in [0.5, 0.6) is 0 Å². The maximum atomic E-state index is 12.5. The lowest BCUT2D eigenvalue weighted by atomic mass is 10.2. The van der Waals surface area contributed by atoms with Crippen molar-refractivity contribution in [2.75, 3.05) is 20.8 Å². The van der Waals surface area contributed by atoms with E-state index in [1.165, 1.54) is 30.6 Å². The molecule has 1 unspecified atom stereocenters. The second-order valence-electron chi connectivity index (χ2n) is 4.30. The van der Waals surface area contributed by atoms with Gasteiger partial charge in [0.25, 0.3) is 0 Å². The van der Waals surface area contributed by atoms with Crippen LogP contribution < -0.4 is 0 Å². The van der Waals surface area contributed by atoms with Gasteiger partial charge in [-0.1, -0.05) is 23.2 Å². The van der Waals surface area contributed by atoms with E-state index in [1.54, 1.807) is 6.92 Å². The van der Waals surface area contributed by atoms with Gasteiger partial charge in [-0.05, 0) is 19.1 Å². The summed E-state index contributed by atoms with van der Waals surface area (Å²) in [5.74, 6) is 0.0400. The van der Waals surface area contributed by atoms with Gasteiger partial charge in [-0.25, -0.2) is 8.42 Å². The third-order valence-electron chi connectivity index (χ3n) is 2.97. The van der Waals surface area contributed by atoms with Crippen LogP contribution in [-0.4, -0.2) is 39.5 Å². The average Bonchev–Trinajstić information content (AvgIpc) is 2.38. The molecular weight excluding hydrogens is 345 g/mol. The van der Waals surface area contributed by atoms with Crippen LogP contribution in [0.15, 0.2) is 17.0 Å². The lowest BCUT2D eigenvalue weighted by molar-refractivity contribution is 0.149. The Hall–Kier alpha value is -0.0400. The molecule has 4 nitrogen and oxygen atoms in total. The highest BCUT2D eigenvalue weighted by Crippen LogP contribution is 2.33. The molecule has 1 aromatic carbocycles. The predicted molar refractivity (Wildman–Crippen MR) is 82.3 cm³/mol. The zero-order chi connectivity index (χ0) is 15.5. The van der Waals surface area contributed by atoms with Crippen LogP contribution >= 0.6 is 34.8 Å². The van der Waals surface area contributed by atoms with E-state index in [-0.39, 0.29) is 28.4 Å². The number of hydrogen-bond donors (Lipinski definition) is 0. The lowest BCUT2D eigenvalue weighted by Crippen LogP contribution is -2.37. The monoisotopic (exact) mass is 359 g/mol. The van der Waals surface area contributed by atoms with Crippen molar-refractivity contribution in [1.82, 2.24) is 4.31 Å². The molecule has 0 aliphatic heterocycles. The van der Waals surface area contributed by atoms with Crippen molar-refractivity contribution < 1.29 is 13.2 Å². The van der Waals surface area contributed by atoms with Gasteiger partial charge in [-0.3, -0.25) is 0 Å². The minimum absolute atomic E-state index is 0.00957. The van der Waals surface area contributed by atoms with Gasteiger partial charge >= 0.3 is 0 Å². The summed E-state index contributed by atoms with van der Waals surface area (Å²) in [6.45, 7) is 2.02. The molecule has 1 aromatic rings. The van der Waals surface area contributed by atoms with E-state index >= 15 is 0 Å². The third-order valence-corrected chi connectivity index (χ3v) is 6.15. The molecule has 0 amide bonds. The summed E-state index contributed by atoms with van der Waals surface area (Å²) in [4.78, 5) is -0.00957. The third kappa shape index (κ3) is 3.59. The van der Waals surface area contributed by atoms with Crippen molar-refractivity contribution in [3.63, 3.8) is 0 Å². The van der Waals surface area contributed by atoms with Gasteiger partial charge in [0, 0.05) is 30.8 Å². The fraction of sp³-hybridized carbons (Fsp3) is 0.500. The topological polar surface area (TPSA) is 46.6 Å². The summed E-state index contributed by atoms with van der Waals surface area (Å²) in [5.41, 5.74) is 0.406. The molecule has 0 N–H and O–H groups in total. The molecule has 0 spiro atoms. The second kappa shape index (κ2) is 7.29. The van der Waals surface area contributed by atoms with Crippen LogP contribution in [0, 0.1) is 0 Å². The van der Waals surface area contributed by atoms with Gasteiger partial charge < -0.3 is 4.74 Å². The highest BCUT2D eigenvalue weighted by Gasteiger charge is 2.28. The van der Waals surface area contributed by atoms with E-state index in [0.717, 1.165) is 0 Å². The number of rotatable bonds is 6. The van der Waals surface area contributed by atoms with Crippen molar-refractivity contribution in [3.05, 3.63) is 27.7 Å². The fourth-order valence-corrected chi connectivity index (χ4v) is 4.28. The van der Waals surface area contributed by atoms with E-state index in [9.17, 15) is 8.42 Å². The van der Waals surface area contributed by atoms with E-state index in [1.807, 2.05) is 0 Å². The summed E-state index contributed by atoms with van der Waals surface area (Å²) in [6, 6.07) is 2.54. The minimum Gasteiger partial charge on any atom is -0.383 e. The number of likely N-dealkylation sites (N-methyl/N-ethyl adjacent to an activating group) is 1. The Morgan fingerprint density at radius 3 is 2.45 bits per heavy atom. The van der Waals surface area contributed by atoms with Crippen LogP contribution in [0.4, 0.5) is 0 Å². The quantitative estimate of drug-likeness (QED) is 0.731. The smallest absolute Gasteiger partial charge is 0.244 e. The van der Waals surface area contributed by atoms with Gasteiger partial charge in [0.1, 0.15) is 4.90 Å². The molecule has 0 radical (unpaired) electrons. The first kappa shape index (κ1) is 18.0. The molecule has 0 fully saturated rings. The van der Waals surface area contributed by atoms with Crippen molar-refractivity contribution in [1.29, 1.82) is 0 Å². The number of benzene rings is 1. The van der Waals surface area contributed by atoms with E-state index in [0.29, 0.717) is 10.6 Å². The molecule has 0 saturated carbocycles. The van der Waals surface area contributed by atoms with Gasteiger partial charge in [0.05, 0.1) is 17.5 Å². The Kier molecular flexibility index (Phi) is 6.57. The predicted octanol–water partition coefficient (Wildman–Crippen LogP) is 3.39. The average molecular weight is 361 g/mol. The Morgan fingerprint density at radius 1 is 1.35 bits per heavy atom. The zero-order valence-electron chi connectivity index (χ0n) is 11.4. The van der Waals surface area contributed by atoms with E-state index < -0.39 is 10.0 Å². The first-order valence-electron chi connectivity index (χ1n) is 5.77. The molecule has 0 aliphatic rings. The summed E-state index contributed by atoms with van der Waals surface area (Å²) < 4.78 is 31.3. The molecule has 20 heavy (non-hydrogen) atoms. The van der Waals surface area contributed by atoms with Crippen molar-refractivity contribution >= 4 is 44.8 Å². The number of halogens is 3. The molecule has 0 heterocycles. The van der Waals surface area contributed by atoms with Crippen LogP contribution in [0.3, 0.4) is 0 Å². The Morgan fingerprint density at radius 2 is 1.95 bits per heavy atom. The van der Waals surface area contributed by atoms with Crippen LogP contribution in [0.1, 0.15) is 12.5 Å². The molecule has 0 aliphatic carbocycles. The van der Waals surface area contributed by atoms with Crippen LogP contribution in [0.25, 0.3) is 0 Å². The lowest BCUT2D eigenvalue weighted by Gasteiger charge is -2.24. The highest BCUT2D eigenvalue weighted by atomic mass is 35.5. The summed E-state index contributed by atoms with van der Waals surface area (Å²) in [6.07, 6.45) is 0. The second-order valence-corrected chi connectivity index (χ2v) is 7.32. The number of alkyl halides is 1. The van der Waals surface area contributed by atoms with Gasteiger partial charge in [-0.15, -0.1) is 11.6 Å². The number of sulfonamides is 1. The Labute approximate surface area is 134 Å². The van der Waals surface area contributed by atoms with Crippen LogP contribution in [-0.2, 0) is 20.6 Å². The molecule has 8 heteroatoms. The first-order chi connectivity index (χ1) is 9.27. The highest BCUT2D eigenvalue weighted by molar-refractivity contribution is 7.89. The molecule has 1 atom stereocenters. The largest absolute Gasteiger partial charge is 0.383 e. The van der Waals surface area contributed by atoms with Gasteiger partial charge in [-0.2, -0.15) is 4.31 Å². The number of hydrogen-bond acceptors (Lipinski definition) is 3. The summed E-state index contributed by atoms with van der Waals surface area (Å²) >= 11 is 17.8. The van der Waals surface area contributed by atoms with E-state index in [4.69, 9.17) is 39.5 Å². The Balaban J connectivity index is 3.29. The minimum atomic E-state index is -3.74. The maximum absolute atomic E-state index is 12.5. The zero-order valence-corrected chi connectivity index (χ0v) is 14.4. The number of methoxy groups -OCH3 is 1. The summed E-state index contributed by atoms with van der Waals surface area (Å²) in [5, 5.41) is 0.403. The SMILES string of the molecule is COCC(C)N(C)S(=O)(=O)c1ccc(Cl)c(CCl)c1Cl. The summed E-state index contributed by atoms with van der Waals surface area (Å²) in [7, 11) is -0.748. The first-order valence-corrected chi connectivity index (χ1v) is 8.50. The van der Waals surface area contributed by atoms with Crippen molar-refractivity contribution in [2.45, 2.75) is 23.7 Å². The molecule has 0 saturated heterocycles. The fourth-order valence-electron chi connectivity index (χ4n) is 1.64. The van der Waals surface area contributed by atoms with Gasteiger partial charge in [0.15, 0.2) is 0 Å². The molecule has 114 valence electrons. The molecule has 0 bridgehead atoms. The number of nitrogens with zero attached hydrogens (tertiary/aromatic N) is 1. The van der Waals surface area contributed by atoms with Gasteiger partial charge in [0.2, 0.25) is 10.0 Å². The maximum Gasteiger partial charge on any atom is 0.244 e. The van der Waals surface area contributed by atoms with Crippen molar-refractivity contribution in [3.8, 4) is 0 Å². The standard InChI is InChI=1S/C12H16Cl3NO3S/c1-8(7-19-3)16(2)20(17,18)11-5-4-10(14)9(6-13)12(11)15/h4-5,8H,6-7H2,1-3H3. The molecule has 1 rings (SSSR count). The van der Waals surface area contributed by atoms with E-state index in [2.05, 4.69) is 0 Å². The van der Waals surface area contributed by atoms with Crippen molar-refractivity contribution in [2.24, 2.45) is 0 Å². The number of ether oxygens (including phenoxy) is 1. The Bertz CT molecular complexity index is 578. The normalized spacial score (nSPS) is 13.8. The molecule has 0 aromatic heterocycles. The van der Waals surface area contributed by atoms with Crippen LogP contribution in [0.2, 0.25) is 10.0 Å².